The Morgan fingerprint density at radius 3 is 2.89 bits per heavy atom. The first-order valence-electron chi connectivity index (χ1n) is 5.75. The summed E-state index contributed by atoms with van der Waals surface area (Å²) in [7, 11) is 0. The van der Waals surface area contributed by atoms with Crippen LogP contribution in [0.15, 0.2) is 36.5 Å². The second-order valence-electron chi connectivity index (χ2n) is 4.12. The van der Waals surface area contributed by atoms with E-state index >= 15 is 0 Å². The standard InChI is InChI=1S/C14H13ClN2O2/c1-9-3-2-6-16-13(9)8-17-12-7-10(15)4-5-11(12)14(18)19/h2-7,17H,8H2,1H3,(H,18,19). The molecule has 1 aromatic carbocycles. The fourth-order valence-corrected chi connectivity index (χ4v) is 1.90. The van der Waals surface area contributed by atoms with Crippen molar-refractivity contribution in [3.63, 3.8) is 0 Å². The van der Waals surface area contributed by atoms with E-state index in [1.807, 2.05) is 19.1 Å². The molecule has 0 aliphatic rings. The Kier molecular flexibility index (Phi) is 4.02. The molecule has 19 heavy (non-hydrogen) atoms. The molecule has 0 spiro atoms. The predicted molar refractivity (Wildman–Crippen MR) is 74.7 cm³/mol. The Morgan fingerprint density at radius 2 is 2.21 bits per heavy atom. The summed E-state index contributed by atoms with van der Waals surface area (Å²) in [4.78, 5) is 15.4. The van der Waals surface area contributed by atoms with Gasteiger partial charge in [-0.15, -0.1) is 0 Å². The van der Waals surface area contributed by atoms with Crippen LogP contribution in [0.1, 0.15) is 21.6 Å². The van der Waals surface area contributed by atoms with Gasteiger partial charge in [-0.2, -0.15) is 0 Å². The van der Waals surface area contributed by atoms with Gasteiger partial charge in [0.2, 0.25) is 0 Å². The maximum atomic E-state index is 11.1. The smallest absolute Gasteiger partial charge is 0.337 e. The molecule has 0 atom stereocenters. The first kappa shape index (κ1) is 13.4. The van der Waals surface area contributed by atoms with Gasteiger partial charge in [0.15, 0.2) is 0 Å². The average molecular weight is 277 g/mol. The molecule has 1 aromatic heterocycles. The van der Waals surface area contributed by atoms with Crippen LogP contribution < -0.4 is 5.32 Å². The summed E-state index contributed by atoms with van der Waals surface area (Å²) in [5.41, 5.74) is 2.61. The lowest BCUT2D eigenvalue weighted by molar-refractivity contribution is 0.0698. The number of benzene rings is 1. The van der Waals surface area contributed by atoms with Gasteiger partial charge in [0.1, 0.15) is 0 Å². The molecule has 98 valence electrons. The van der Waals surface area contributed by atoms with E-state index in [9.17, 15) is 4.79 Å². The number of aromatic nitrogens is 1. The van der Waals surface area contributed by atoms with Crippen LogP contribution >= 0.6 is 11.6 Å². The van der Waals surface area contributed by atoms with Crippen LogP contribution in [-0.4, -0.2) is 16.1 Å². The van der Waals surface area contributed by atoms with Gasteiger partial charge in [0.05, 0.1) is 23.5 Å². The van der Waals surface area contributed by atoms with E-state index in [2.05, 4.69) is 10.3 Å². The maximum Gasteiger partial charge on any atom is 0.337 e. The van der Waals surface area contributed by atoms with Gasteiger partial charge in [-0.25, -0.2) is 4.79 Å². The fraction of sp³-hybridized carbons (Fsp3) is 0.143. The van der Waals surface area contributed by atoms with Crippen LogP contribution in [0, 0.1) is 6.92 Å². The Labute approximate surface area is 116 Å². The molecule has 2 rings (SSSR count). The van der Waals surface area contributed by atoms with Gasteiger partial charge in [-0.1, -0.05) is 17.7 Å². The predicted octanol–water partition coefficient (Wildman–Crippen LogP) is 3.35. The van der Waals surface area contributed by atoms with Crippen molar-refractivity contribution in [2.75, 3.05) is 5.32 Å². The number of rotatable bonds is 4. The summed E-state index contributed by atoms with van der Waals surface area (Å²) >= 11 is 5.89. The molecule has 0 aliphatic carbocycles. The summed E-state index contributed by atoms with van der Waals surface area (Å²) in [6, 6.07) is 8.46. The third-order valence-electron chi connectivity index (χ3n) is 2.78. The molecule has 0 amide bonds. The zero-order chi connectivity index (χ0) is 13.8. The monoisotopic (exact) mass is 276 g/mol. The zero-order valence-corrected chi connectivity index (χ0v) is 11.1. The Hall–Kier alpha value is -2.07. The first-order valence-corrected chi connectivity index (χ1v) is 6.13. The number of carbonyl (C=O) groups is 1. The highest BCUT2D eigenvalue weighted by Crippen LogP contribution is 2.22. The molecule has 0 radical (unpaired) electrons. The topological polar surface area (TPSA) is 62.2 Å². The SMILES string of the molecule is Cc1cccnc1CNc1cc(Cl)ccc1C(=O)O. The Morgan fingerprint density at radius 1 is 1.42 bits per heavy atom. The number of nitrogens with zero attached hydrogens (tertiary/aromatic N) is 1. The molecule has 0 saturated heterocycles. The highest BCUT2D eigenvalue weighted by molar-refractivity contribution is 6.31. The number of anilines is 1. The van der Waals surface area contributed by atoms with Crippen LogP contribution in [0.4, 0.5) is 5.69 Å². The number of carboxylic acids is 1. The van der Waals surface area contributed by atoms with E-state index in [4.69, 9.17) is 16.7 Å². The minimum atomic E-state index is -0.989. The minimum Gasteiger partial charge on any atom is -0.478 e. The van der Waals surface area contributed by atoms with E-state index in [1.54, 1.807) is 18.3 Å². The van der Waals surface area contributed by atoms with Crippen molar-refractivity contribution in [2.45, 2.75) is 13.5 Å². The third kappa shape index (κ3) is 3.23. The van der Waals surface area contributed by atoms with Gasteiger partial charge < -0.3 is 10.4 Å². The van der Waals surface area contributed by atoms with Gasteiger partial charge in [-0.3, -0.25) is 4.98 Å². The van der Waals surface area contributed by atoms with Crippen molar-refractivity contribution in [1.82, 2.24) is 4.98 Å². The van der Waals surface area contributed by atoms with Crippen LogP contribution in [-0.2, 0) is 6.54 Å². The second kappa shape index (κ2) is 5.71. The molecule has 4 nitrogen and oxygen atoms in total. The number of aryl methyl sites for hydroxylation is 1. The molecule has 0 saturated carbocycles. The largest absolute Gasteiger partial charge is 0.478 e. The molecule has 5 heteroatoms. The summed E-state index contributed by atoms with van der Waals surface area (Å²) in [5.74, 6) is -0.989. The van der Waals surface area contributed by atoms with Crippen molar-refractivity contribution in [1.29, 1.82) is 0 Å². The van der Waals surface area contributed by atoms with Crippen LogP contribution in [0.25, 0.3) is 0 Å². The van der Waals surface area contributed by atoms with Gasteiger partial charge in [-0.05, 0) is 36.8 Å². The Bertz CT molecular complexity index is 614. The molecule has 2 aromatic rings. The lowest BCUT2D eigenvalue weighted by atomic mass is 10.1. The number of aromatic carboxylic acids is 1. The van der Waals surface area contributed by atoms with Crippen molar-refractivity contribution < 1.29 is 9.90 Å². The zero-order valence-electron chi connectivity index (χ0n) is 10.4. The molecule has 1 heterocycles. The molecule has 2 N–H and O–H groups in total. The number of halogens is 1. The molecular formula is C14H13ClN2O2. The van der Waals surface area contributed by atoms with Gasteiger partial charge in [0.25, 0.3) is 0 Å². The first-order chi connectivity index (χ1) is 9.08. The average Bonchev–Trinajstić information content (AvgIpc) is 2.37. The Balaban J connectivity index is 2.22. The van der Waals surface area contributed by atoms with E-state index in [-0.39, 0.29) is 5.56 Å². The number of carboxylic acid groups (broad SMARTS) is 1. The molecule has 0 unspecified atom stereocenters. The lowest BCUT2D eigenvalue weighted by Gasteiger charge is -2.11. The summed E-state index contributed by atoms with van der Waals surface area (Å²) < 4.78 is 0. The third-order valence-corrected chi connectivity index (χ3v) is 3.01. The van der Waals surface area contributed by atoms with E-state index in [0.717, 1.165) is 11.3 Å². The molecule has 0 bridgehead atoms. The van der Waals surface area contributed by atoms with Crippen molar-refractivity contribution in [3.05, 3.63) is 58.4 Å². The van der Waals surface area contributed by atoms with Crippen molar-refractivity contribution in [2.24, 2.45) is 0 Å². The normalized spacial score (nSPS) is 10.2. The minimum absolute atomic E-state index is 0.193. The second-order valence-corrected chi connectivity index (χ2v) is 4.55. The number of hydrogen-bond donors (Lipinski definition) is 2. The quantitative estimate of drug-likeness (QED) is 0.899. The number of pyridine rings is 1. The summed E-state index contributed by atoms with van der Waals surface area (Å²) in [6.45, 7) is 2.41. The number of nitrogens with one attached hydrogen (secondary N) is 1. The highest BCUT2D eigenvalue weighted by Gasteiger charge is 2.10. The number of hydrogen-bond acceptors (Lipinski definition) is 3. The molecule has 0 aliphatic heterocycles. The maximum absolute atomic E-state index is 11.1. The van der Waals surface area contributed by atoms with Crippen LogP contribution in [0.2, 0.25) is 5.02 Å². The fourth-order valence-electron chi connectivity index (χ4n) is 1.73. The van der Waals surface area contributed by atoms with E-state index in [0.29, 0.717) is 17.3 Å². The van der Waals surface area contributed by atoms with E-state index < -0.39 is 5.97 Å². The van der Waals surface area contributed by atoms with Gasteiger partial charge in [0, 0.05) is 11.2 Å². The van der Waals surface area contributed by atoms with Crippen molar-refractivity contribution >= 4 is 23.3 Å². The summed E-state index contributed by atoms with van der Waals surface area (Å²) in [6.07, 6.45) is 1.71. The molecular weight excluding hydrogens is 264 g/mol. The molecule has 0 fully saturated rings. The van der Waals surface area contributed by atoms with Crippen LogP contribution in [0.3, 0.4) is 0 Å². The van der Waals surface area contributed by atoms with E-state index in [1.165, 1.54) is 6.07 Å². The van der Waals surface area contributed by atoms with Crippen LogP contribution in [0.5, 0.6) is 0 Å². The van der Waals surface area contributed by atoms with Crippen molar-refractivity contribution in [3.8, 4) is 0 Å². The lowest BCUT2D eigenvalue weighted by Crippen LogP contribution is -2.08. The highest BCUT2D eigenvalue weighted by atomic mass is 35.5. The van der Waals surface area contributed by atoms with Gasteiger partial charge >= 0.3 is 5.97 Å². The summed E-state index contributed by atoms with van der Waals surface area (Å²) in [5, 5.41) is 12.7.